The van der Waals surface area contributed by atoms with Crippen molar-refractivity contribution < 1.29 is 4.79 Å². The van der Waals surface area contributed by atoms with E-state index in [1.165, 1.54) is 11.1 Å². The summed E-state index contributed by atoms with van der Waals surface area (Å²) in [7, 11) is 1.81. The van der Waals surface area contributed by atoms with Crippen molar-refractivity contribution in [1.82, 2.24) is 4.90 Å². The van der Waals surface area contributed by atoms with Crippen LogP contribution < -0.4 is 0 Å². The number of allylic oxidation sites excluding steroid dienone is 1. The van der Waals surface area contributed by atoms with E-state index in [0.29, 0.717) is 0 Å². The smallest absolute Gasteiger partial charge is 0.219 e. The van der Waals surface area contributed by atoms with Gasteiger partial charge in [0.15, 0.2) is 0 Å². The van der Waals surface area contributed by atoms with Crippen molar-refractivity contribution in [2.24, 2.45) is 0 Å². The summed E-state index contributed by atoms with van der Waals surface area (Å²) in [6, 6.07) is 0. The molecule has 2 nitrogen and oxygen atoms in total. The molecular formula is C9H17NO. The summed E-state index contributed by atoms with van der Waals surface area (Å²) in [5.41, 5.74) is 2.56. The molecule has 0 spiro atoms. The molecule has 0 heterocycles. The van der Waals surface area contributed by atoms with Gasteiger partial charge in [-0.15, -0.1) is 0 Å². The zero-order chi connectivity index (χ0) is 9.02. The van der Waals surface area contributed by atoms with Crippen molar-refractivity contribution in [2.45, 2.75) is 27.7 Å². The predicted molar refractivity (Wildman–Crippen MR) is 47.4 cm³/mol. The molecule has 0 aliphatic carbocycles. The third-order valence-electron chi connectivity index (χ3n) is 1.87. The van der Waals surface area contributed by atoms with E-state index in [0.717, 1.165) is 6.54 Å². The van der Waals surface area contributed by atoms with E-state index in [1.54, 1.807) is 11.8 Å². The average Bonchev–Trinajstić information content (AvgIpc) is 1.87. The monoisotopic (exact) mass is 155 g/mol. The lowest BCUT2D eigenvalue weighted by Gasteiger charge is -2.15. The molecule has 0 saturated carbocycles. The highest BCUT2D eigenvalue weighted by Gasteiger charge is 2.02. The molecule has 0 atom stereocenters. The quantitative estimate of drug-likeness (QED) is 0.557. The van der Waals surface area contributed by atoms with E-state index in [1.807, 2.05) is 7.05 Å². The topological polar surface area (TPSA) is 20.3 Å². The molecule has 0 aromatic rings. The fourth-order valence-electron chi connectivity index (χ4n) is 0.625. The van der Waals surface area contributed by atoms with Crippen LogP contribution in [0.15, 0.2) is 11.1 Å². The predicted octanol–water partition coefficient (Wildman–Crippen LogP) is 1.82. The van der Waals surface area contributed by atoms with Gasteiger partial charge in [-0.3, -0.25) is 4.79 Å². The van der Waals surface area contributed by atoms with Gasteiger partial charge >= 0.3 is 0 Å². The highest BCUT2D eigenvalue weighted by Crippen LogP contribution is 2.03. The minimum absolute atomic E-state index is 0.116. The van der Waals surface area contributed by atoms with E-state index < -0.39 is 0 Å². The van der Waals surface area contributed by atoms with Crippen LogP contribution in [0, 0.1) is 0 Å². The van der Waals surface area contributed by atoms with E-state index in [9.17, 15) is 4.79 Å². The molecule has 0 aliphatic heterocycles. The maximum atomic E-state index is 10.8. The van der Waals surface area contributed by atoms with Crippen molar-refractivity contribution in [3.05, 3.63) is 11.1 Å². The molecule has 0 N–H and O–H groups in total. The molecule has 64 valence electrons. The molecule has 0 aromatic heterocycles. The first-order chi connectivity index (χ1) is 4.95. The molecule has 1 amide bonds. The molecule has 0 unspecified atom stereocenters. The molecule has 0 aromatic carbocycles. The van der Waals surface area contributed by atoms with Crippen LogP contribution in [0.5, 0.6) is 0 Å². The van der Waals surface area contributed by atoms with Gasteiger partial charge in [0.1, 0.15) is 0 Å². The van der Waals surface area contributed by atoms with Crippen molar-refractivity contribution in [3.8, 4) is 0 Å². The summed E-state index contributed by atoms with van der Waals surface area (Å²) >= 11 is 0. The molecular weight excluding hydrogens is 138 g/mol. The normalized spacial score (nSPS) is 9.18. The Morgan fingerprint density at radius 3 is 1.91 bits per heavy atom. The number of carbonyl (C=O) groups is 1. The Labute approximate surface area is 68.9 Å². The second-order valence-corrected chi connectivity index (χ2v) is 3.16. The van der Waals surface area contributed by atoms with Crippen LogP contribution >= 0.6 is 0 Å². The van der Waals surface area contributed by atoms with Crippen molar-refractivity contribution in [1.29, 1.82) is 0 Å². The summed E-state index contributed by atoms with van der Waals surface area (Å²) < 4.78 is 0. The van der Waals surface area contributed by atoms with E-state index in [2.05, 4.69) is 20.8 Å². The van der Waals surface area contributed by atoms with Crippen LogP contribution in [-0.4, -0.2) is 24.4 Å². The summed E-state index contributed by atoms with van der Waals surface area (Å²) in [5, 5.41) is 0. The summed E-state index contributed by atoms with van der Waals surface area (Å²) in [4.78, 5) is 12.5. The second kappa shape index (κ2) is 4.16. The van der Waals surface area contributed by atoms with Gasteiger partial charge in [-0.05, 0) is 20.8 Å². The fraction of sp³-hybridized carbons (Fsp3) is 0.667. The minimum Gasteiger partial charge on any atom is -0.342 e. The van der Waals surface area contributed by atoms with Crippen LogP contribution in [0.1, 0.15) is 27.7 Å². The van der Waals surface area contributed by atoms with Crippen molar-refractivity contribution >= 4 is 5.91 Å². The molecule has 0 radical (unpaired) electrons. The number of likely N-dealkylation sites (N-methyl/N-ethyl adjacent to an activating group) is 1. The Balaban J connectivity index is 4.06. The average molecular weight is 155 g/mol. The van der Waals surface area contributed by atoms with Crippen LogP contribution in [0.25, 0.3) is 0 Å². The molecule has 11 heavy (non-hydrogen) atoms. The fourth-order valence-corrected chi connectivity index (χ4v) is 0.625. The zero-order valence-electron chi connectivity index (χ0n) is 8.06. The SMILES string of the molecule is CC(=O)N(C)CC(C)=C(C)C. The maximum absolute atomic E-state index is 10.8. The van der Waals surface area contributed by atoms with Gasteiger partial charge in [0.05, 0.1) is 0 Å². The molecule has 2 heteroatoms. The van der Waals surface area contributed by atoms with Crippen LogP contribution in [0.4, 0.5) is 0 Å². The van der Waals surface area contributed by atoms with Crippen LogP contribution in [0.2, 0.25) is 0 Å². The Morgan fingerprint density at radius 1 is 1.18 bits per heavy atom. The molecule has 0 rings (SSSR count). The van der Waals surface area contributed by atoms with Gasteiger partial charge in [-0.2, -0.15) is 0 Å². The first-order valence-electron chi connectivity index (χ1n) is 3.79. The van der Waals surface area contributed by atoms with Crippen LogP contribution in [-0.2, 0) is 4.79 Å². The molecule has 0 fully saturated rings. The second-order valence-electron chi connectivity index (χ2n) is 3.16. The Morgan fingerprint density at radius 2 is 1.64 bits per heavy atom. The highest BCUT2D eigenvalue weighted by atomic mass is 16.2. The third-order valence-corrected chi connectivity index (χ3v) is 1.87. The van der Waals surface area contributed by atoms with Crippen LogP contribution in [0.3, 0.4) is 0 Å². The van der Waals surface area contributed by atoms with Crippen molar-refractivity contribution in [3.63, 3.8) is 0 Å². The van der Waals surface area contributed by atoms with Gasteiger partial charge in [0.2, 0.25) is 5.91 Å². The summed E-state index contributed by atoms with van der Waals surface area (Å²) in [5.74, 6) is 0.116. The van der Waals surface area contributed by atoms with E-state index >= 15 is 0 Å². The third kappa shape index (κ3) is 3.81. The zero-order valence-corrected chi connectivity index (χ0v) is 8.06. The summed E-state index contributed by atoms with van der Waals surface area (Å²) in [6.07, 6.45) is 0. The van der Waals surface area contributed by atoms with Crippen molar-refractivity contribution in [2.75, 3.05) is 13.6 Å². The van der Waals surface area contributed by atoms with Gasteiger partial charge in [-0.1, -0.05) is 11.1 Å². The first kappa shape index (κ1) is 10.2. The van der Waals surface area contributed by atoms with Gasteiger partial charge in [0.25, 0.3) is 0 Å². The van der Waals surface area contributed by atoms with E-state index in [4.69, 9.17) is 0 Å². The number of rotatable bonds is 2. The number of hydrogen-bond donors (Lipinski definition) is 0. The Kier molecular flexibility index (Phi) is 3.86. The lowest BCUT2D eigenvalue weighted by atomic mass is 10.2. The molecule has 0 aliphatic rings. The number of carbonyl (C=O) groups excluding carboxylic acids is 1. The minimum atomic E-state index is 0.116. The van der Waals surface area contributed by atoms with Gasteiger partial charge in [0, 0.05) is 20.5 Å². The maximum Gasteiger partial charge on any atom is 0.219 e. The Hall–Kier alpha value is -0.790. The highest BCUT2D eigenvalue weighted by molar-refractivity contribution is 5.73. The standard InChI is InChI=1S/C9H17NO/c1-7(2)8(3)6-10(5)9(4)11/h6H2,1-5H3. The number of nitrogens with zero attached hydrogens (tertiary/aromatic N) is 1. The van der Waals surface area contributed by atoms with Gasteiger partial charge in [-0.25, -0.2) is 0 Å². The Bertz CT molecular complexity index is 178. The molecule has 0 saturated heterocycles. The first-order valence-corrected chi connectivity index (χ1v) is 3.79. The molecule has 0 bridgehead atoms. The van der Waals surface area contributed by atoms with E-state index in [-0.39, 0.29) is 5.91 Å². The number of hydrogen-bond acceptors (Lipinski definition) is 1. The lowest BCUT2D eigenvalue weighted by Crippen LogP contribution is -2.25. The number of amides is 1. The lowest BCUT2D eigenvalue weighted by molar-refractivity contribution is -0.127. The van der Waals surface area contributed by atoms with Gasteiger partial charge < -0.3 is 4.90 Å². The summed E-state index contributed by atoms with van der Waals surface area (Å²) in [6.45, 7) is 8.50. The largest absolute Gasteiger partial charge is 0.342 e.